The zero-order valence-corrected chi connectivity index (χ0v) is 13.2. The average molecular weight is 317 g/mol. The van der Waals surface area contributed by atoms with E-state index < -0.39 is 11.4 Å². The maximum absolute atomic E-state index is 12.2. The van der Waals surface area contributed by atoms with Gasteiger partial charge in [-0.15, -0.1) is 6.58 Å². The number of hydrogen-bond donors (Lipinski definition) is 1. The minimum absolute atomic E-state index is 0.229. The highest BCUT2D eigenvalue weighted by Crippen LogP contribution is 2.35. The van der Waals surface area contributed by atoms with Crippen LogP contribution in [0, 0.1) is 5.41 Å². The molecule has 1 heterocycles. The SMILES string of the molecule is C=CCC1(C(=O)O)CCCN(C(=O)OCc2ccccc2)CC1. The number of carboxylic acids is 1. The van der Waals surface area contributed by atoms with Crippen molar-refractivity contribution in [3.05, 3.63) is 48.6 Å². The molecule has 5 nitrogen and oxygen atoms in total. The summed E-state index contributed by atoms with van der Waals surface area (Å²) in [6, 6.07) is 9.49. The maximum Gasteiger partial charge on any atom is 0.410 e. The molecule has 1 aliphatic heterocycles. The van der Waals surface area contributed by atoms with E-state index in [1.807, 2.05) is 30.3 Å². The van der Waals surface area contributed by atoms with Crippen molar-refractivity contribution in [2.24, 2.45) is 5.41 Å². The van der Waals surface area contributed by atoms with Gasteiger partial charge in [0.15, 0.2) is 0 Å². The predicted octanol–water partition coefficient (Wildman–Crippen LogP) is 3.46. The number of benzene rings is 1. The quantitative estimate of drug-likeness (QED) is 0.845. The van der Waals surface area contributed by atoms with Gasteiger partial charge in [-0.1, -0.05) is 36.4 Å². The molecule has 0 saturated carbocycles. The zero-order chi connectivity index (χ0) is 16.7. The summed E-state index contributed by atoms with van der Waals surface area (Å²) < 4.78 is 5.33. The standard InChI is InChI=1S/C18H23NO4/c1-2-9-18(16(20)21)10-6-12-19(13-11-18)17(22)23-14-15-7-4-3-5-8-15/h2-5,7-8H,1,6,9-14H2,(H,20,21). The summed E-state index contributed by atoms with van der Waals surface area (Å²) in [6.07, 6.45) is 3.33. The third-order valence-electron chi connectivity index (χ3n) is 4.40. The number of aliphatic carboxylic acids is 1. The molecule has 23 heavy (non-hydrogen) atoms. The second-order valence-electron chi connectivity index (χ2n) is 5.96. The van der Waals surface area contributed by atoms with Crippen molar-refractivity contribution < 1.29 is 19.4 Å². The summed E-state index contributed by atoms with van der Waals surface area (Å²) in [5, 5.41) is 9.54. The number of carbonyl (C=O) groups excluding carboxylic acids is 1. The molecule has 5 heteroatoms. The van der Waals surface area contributed by atoms with E-state index in [9.17, 15) is 14.7 Å². The topological polar surface area (TPSA) is 66.8 Å². The average Bonchev–Trinajstić information content (AvgIpc) is 2.78. The first-order valence-electron chi connectivity index (χ1n) is 7.87. The summed E-state index contributed by atoms with van der Waals surface area (Å²) in [7, 11) is 0. The van der Waals surface area contributed by atoms with Crippen LogP contribution in [-0.2, 0) is 16.1 Å². The van der Waals surface area contributed by atoms with Gasteiger partial charge in [0.1, 0.15) is 6.61 Å². The molecule has 0 radical (unpaired) electrons. The number of carboxylic acid groups (broad SMARTS) is 1. The third-order valence-corrected chi connectivity index (χ3v) is 4.40. The summed E-state index contributed by atoms with van der Waals surface area (Å²) in [6.45, 7) is 4.81. The van der Waals surface area contributed by atoms with E-state index in [1.54, 1.807) is 11.0 Å². The molecule has 1 aromatic rings. The Morgan fingerprint density at radius 3 is 2.65 bits per heavy atom. The van der Waals surface area contributed by atoms with Gasteiger partial charge >= 0.3 is 12.1 Å². The Hall–Kier alpha value is -2.30. The molecule has 1 aromatic carbocycles. The molecule has 0 aliphatic carbocycles. The van der Waals surface area contributed by atoms with Crippen molar-refractivity contribution in [1.29, 1.82) is 0 Å². The monoisotopic (exact) mass is 317 g/mol. The molecule has 1 amide bonds. The molecule has 124 valence electrons. The van der Waals surface area contributed by atoms with Gasteiger partial charge in [-0.3, -0.25) is 4.79 Å². The second kappa shape index (κ2) is 7.81. The van der Waals surface area contributed by atoms with Gasteiger partial charge in [-0.05, 0) is 31.2 Å². The van der Waals surface area contributed by atoms with Gasteiger partial charge in [-0.25, -0.2) is 4.79 Å². The van der Waals surface area contributed by atoms with Gasteiger partial charge < -0.3 is 14.7 Å². The number of likely N-dealkylation sites (tertiary alicyclic amines) is 1. The minimum Gasteiger partial charge on any atom is -0.481 e. The largest absolute Gasteiger partial charge is 0.481 e. The lowest BCUT2D eigenvalue weighted by Crippen LogP contribution is -2.35. The number of amides is 1. The van der Waals surface area contributed by atoms with Crippen molar-refractivity contribution in [3.63, 3.8) is 0 Å². The summed E-state index contributed by atoms with van der Waals surface area (Å²) in [5.74, 6) is -0.808. The van der Waals surface area contributed by atoms with Crippen LogP contribution in [-0.4, -0.2) is 35.2 Å². The number of hydrogen-bond acceptors (Lipinski definition) is 3. The molecule has 1 fully saturated rings. The lowest BCUT2D eigenvalue weighted by molar-refractivity contribution is -0.149. The van der Waals surface area contributed by atoms with Crippen molar-refractivity contribution >= 4 is 12.1 Å². The Morgan fingerprint density at radius 2 is 2.00 bits per heavy atom. The van der Waals surface area contributed by atoms with E-state index in [-0.39, 0.29) is 12.7 Å². The van der Waals surface area contributed by atoms with Crippen LogP contribution < -0.4 is 0 Å². The second-order valence-corrected chi connectivity index (χ2v) is 5.96. The smallest absolute Gasteiger partial charge is 0.410 e. The first-order chi connectivity index (χ1) is 11.1. The number of nitrogens with zero attached hydrogens (tertiary/aromatic N) is 1. The lowest BCUT2D eigenvalue weighted by atomic mass is 9.78. The molecule has 1 unspecified atom stereocenters. The molecule has 1 N–H and O–H groups in total. The molecule has 0 aromatic heterocycles. The molecule has 2 rings (SSSR count). The predicted molar refractivity (Wildman–Crippen MR) is 86.9 cm³/mol. The fourth-order valence-corrected chi connectivity index (χ4v) is 2.97. The fraction of sp³-hybridized carbons (Fsp3) is 0.444. The van der Waals surface area contributed by atoms with Crippen LogP contribution in [0.2, 0.25) is 0 Å². The van der Waals surface area contributed by atoms with Crippen LogP contribution in [0.1, 0.15) is 31.2 Å². The highest BCUT2D eigenvalue weighted by Gasteiger charge is 2.39. The molecule has 1 saturated heterocycles. The molecule has 1 atom stereocenters. The van der Waals surface area contributed by atoms with Crippen LogP contribution in [0.3, 0.4) is 0 Å². The maximum atomic E-state index is 12.2. The van der Waals surface area contributed by atoms with Gasteiger partial charge in [0, 0.05) is 13.1 Å². The molecular weight excluding hydrogens is 294 g/mol. The Balaban J connectivity index is 1.93. The molecular formula is C18H23NO4. The van der Waals surface area contributed by atoms with Crippen molar-refractivity contribution in [1.82, 2.24) is 4.90 Å². The minimum atomic E-state index is -0.809. The van der Waals surface area contributed by atoms with Crippen LogP contribution in [0.4, 0.5) is 4.79 Å². The van der Waals surface area contributed by atoms with E-state index in [1.165, 1.54) is 0 Å². The zero-order valence-electron chi connectivity index (χ0n) is 13.2. The van der Waals surface area contributed by atoms with Gasteiger partial charge in [0.2, 0.25) is 0 Å². The summed E-state index contributed by atoms with van der Waals surface area (Å²) in [4.78, 5) is 25.4. The Kier molecular flexibility index (Phi) is 5.79. The van der Waals surface area contributed by atoms with Gasteiger partial charge in [-0.2, -0.15) is 0 Å². The van der Waals surface area contributed by atoms with Crippen LogP contribution >= 0.6 is 0 Å². The Bertz CT molecular complexity index is 557. The third kappa shape index (κ3) is 4.34. The number of carbonyl (C=O) groups is 2. The number of allylic oxidation sites excluding steroid dienone is 1. The summed E-state index contributed by atoms with van der Waals surface area (Å²) in [5.41, 5.74) is 0.123. The van der Waals surface area contributed by atoms with E-state index >= 15 is 0 Å². The number of ether oxygens (including phenoxy) is 1. The van der Waals surface area contributed by atoms with Crippen LogP contribution in [0.25, 0.3) is 0 Å². The number of rotatable bonds is 5. The van der Waals surface area contributed by atoms with Crippen LogP contribution in [0.15, 0.2) is 43.0 Å². The van der Waals surface area contributed by atoms with Crippen molar-refractivity contribution in [2.75, 3.05) is 13.1 Å². The van der Waals surface area contributed by atoms with Crippen molar-refractivity contribution in [2.45, 2.75) is 32.3 Å². The van der Waals surface area contributed by atoms with E-state index in [2.05, 4.69) is 6.58 Å². The van der Waals surface area contributed by atoms with Crippen LogP contribution in [0.5, 0.6) is 0 Å². The van der Waals surface area contributed by atoms with Gasteiger partial charge in [0.25, 0.3) is 0 Å². The first-order valence-corrected chi connectivity index (χ1v) is 7.87. The van der Waals surface area contributed by atoms with Gasteiger partial charge in [0.05, 0.1) is 5.41 Å². The lowest BCUT2D eigenvalue weighted by Gasteiger charge is -2.26. The normalized spacial score (nSPS) is 21.3. The Labute approximate surface area is 136 Å². The summed E-state index contributed by atoms with van der Waals surface area (Å²) >= 11 is 0. The first kappa shape index (κ1) is 17.1. The van der Waals surface area contributed by atoms with E-state index in [4.69, 9.17) is 4.74 Å². The fourth-order valence-electron chi connectivity index (χ4n) is 2.97. The Morgan fingerprint density at radius 1 is 1.26 bits per heavy atom. The highest BCUT2D eigenvalue weighted by molar-refractivity contribution is 5.75. The molecule has 0 spiro atoms. The molecule has 0 bridgehead atoms. The van der Waals surface area contributed by atoms with Crippen molar-refractivity contribution in [3.8, 4) is 0 Å². The van der Waals surface area contributed by atoms with E-state index in [0.717, 1.165) is 5.56 Å². The molecule has 1 aliphatic rings. The highest BCUT2D eigenvalue weighted by atomic mass is 16.6. The van der Waals surface area contributed by atoms with E-state index in [0.29, 0.717) is 38.8 Å².